The van der Waals surface area contributed by atoms with Crippen LogP contribution in [0.15, 0.2) is 0 Å². The zero-order valence-electron chi connectivity index (χ0n) is 10.2. The van der Waals surface area contributed by atoms with Gasteiger partial charge in [0.1, 0.15) is 0 Å². The molecule has 0 aliphatic heterocycles. The van der Waals surface area contributed by atoms with Crippen LogP contribution in [0.3, 0.4) is 0 Å². The number of hydrogen-bond donors (Lipinski definition) is 2. The lowest BCUT2D eigenvalue weighted by molar-refractivity contribution is -0.141. The molecule has 5 heteroatoms. The molecule has 5 nitrogen and oxygen atoms in total. The molecule has 0 aliphatic carbocycles. The smallest absolute Gasteiger partial charge is 0.407 e. The highest BCUT2D eigenvalue weighted by molar-refractivity contribution is 5.72. The summed E-state index contributed by atoms with van der Waals surface area (Å²) < 4.78 is 4.87. The van der Waals surface area contributed by atoms with Gasteiger partial charge >= 0.3 is 12.1 Å². The first kappa shape index (κ1) is 14.7. The van der Waals surface area contributed by atoms with Crippen molar-refractivity contribution < 1.29 is 19.4 Å². The van der Waals surface area contributed by atoms with E-state index in [1.165, 1.54) is 0 Å². The first-order valence-corrected chi connectivity index (χ1v) is 5.60. The van der Waals surface area contributed by atoms with Gasteiger partial charge in [-0.25, -0.2) is 4.79 Å². The number of carboxylic acid groups (broad SMARTS) is 1. The molecule has 1 atom stereocenters. The van der Waals surface area contributed by atoms with Crippen LogP contribution in [0.4, 0.5) is 4.79 Å². The maximum absolute atomic E-state index is 11.2. The van der Waals surface area contributed by atoms with Crippen LogP contribution in [0.2, 0.25) is 0 Å². The molecule has 16 heavy (non-hydrogen) atoms. The number of amides is 1. The lowest BCUT2D eigenvalue weighted by atomic mass is 10.0. The number of carboxylic acids is 1. The molecular weight excluding hydrogens is 210 g/mol. The van der Waals surface area contributed by atoms with E-state index < -0.39 is 18.0 Å². The molecule has 0 spiro atoms. The van der Waals surface area contributed by atoms with Gasteiger partial charge in [0.2, 0.25) is 0 Å². The minimum Gasteiger partial charge on any atom is -0.481 e. The quantitative estimate of drug-likeness (QED) is 0.701. The zero-order chi connectivity index (χ0) is 12.6. The summed E-state index contributed by atoms with van der Waals surface area (Å²) in [6.07, 6.45) is 0.787. The third-order valence-corrected chi connectivity index (χ3v) is 2.03. The molecule has 0 aliphatic rings. The Balaban J connectivity index is 3.82. The molecule has 94 valence electrons. The predicted molar refractivity (Wildman–Crippen MR) is 60.2 cm³/mol. The standard InChI is InChI=1S/C11H21NO4/c1-4-5-9(10(13)14)6-12-11(15)16-7-8(2)3/h8-9H,4-7H2,1-3H3,(H,12,15)(H,13,14). The number of rotatable bonds is 7. The minimum absolute atomic E-state index is 0.125. The van der Waals surface area contributed by atoms with Crippen LogP contribution in [0.1, 0.15) is 33.6 Å². The van der Waals surface area contributed by atoms with Gasteiger partial charge in [-0.05, 0) is 12.3 Å². The first-order valence-electron chi connectivity index (χ1n) is 5.60. The Labute approximate surface area is 96.2 Å². The molecule has 0 heterocycles. The average Bonchev–Trinajstić information content (AvgIpc) is 2.20. The lowest BCUT2D eigenvalue weighted by Gasteiger charge is -2.13. The molecule has 1 amide bonds. The molecular formula is C11H21NO4. The number of carbonyl (C=O) groups is 2. The number of alkyl carbamates (subject to hydrolysis) is 1. The number of aliphatic carboxylic acids is 1. The molecule has 0 saturated carbocycles. The van der Waals surface area contributed by atoms with E-state index in [9.17, 15) is 9.59 Å². The minimum atomic E-state index is -0.883. The second-order valence-electron chi connectivity index (χ2n) is 4.20. The Kier molecular flexibility index (Phi) is 7.33. The van der Waals surface area contributed by atoms with Crippen LogP contribution in [0.5, 0.6) is 0 Å². The SMILES string of the molecule is CCCC(CNC(=O)OCC(C)C)C(=O)O. The number of hydrogen-bond acceptors (Lipinski definition) is 3. The van der Waals surface area contributed by atoms with E-state index in [-0.39, 0.29) is 12.5 Å². The summed E-state index contributed by atoms with van der Waals surface area (Å²) in [7, 11) is 0. The fourth-order valence-corrected chi connectivity index (χ4v) is 1.16. The van der Waals surface area contributed by atoms with E-state index in [0.29, 0.717) is 13.0 Å². The monoisotopic (exact) mass is 231 g/mol. The normalized spacial score (nSPS) is 12.2. The van der Waals surface area contributed by atoms with Crippen molar-refractivity contribution >= 4 is 12.1 Å². The van der Waals surface area contributed by atoms with Gasteiger partial charge in [-0.2, -0.15) is 0 Å². The highest BCUT2D eigenvalue weighted by Gasteiger charge is 2.17. The zero-order valence-corrected chi connectivity index (χ0v) is 10.2. The summed E-state index contributed by atoms with van der Waals surface area (Å²) in [5, 5.41) is 11.3. The Morgan fingerprint density at radius 3 is 2.44 bits per heavy atom. The van der Waals surface area contributed by atoms with Crippen molar-refractivity contribution in [1.82, 2.24) is 5.32 Å². The van der Waals surface area contributed by atoms with Crippen LogP contribution in [0.25, 0.3) is 0 Å². The van der Waals surface area contributed by atoms with E-state index in [1.807, 2.05) is 20.8 Å². The van der Waals surface area contributed by atoms with Crippen LogP contribution >= 0.6 is 0 Å². The summed E-state index contributed by atoms with van der Waals surface area (Å²) in [5.41, 5.74) is 0. The molecule has 0 rings (SSSR count). The Morgan fingerprint density at radius 1 is 1.38 bits per heavy atom. The first-order chi connectivity index (χ1) is 7.47. The molecule has 2 N–H and O–H groups in total. The van der Waals surface area contributed by atoms with Crippen molar-refractivity contribution in [2.45, 2.75) is 33.6 Å². The van der Waals surface area contributed by atoms with Gasteiger partial charge in [-0.15, -0.1) is 0 Å². The van der Waals surface area contributed by atoms with E-state index >= 15 is 0 Å². The summed E-state index contributed by atoms with van der Waals surface area (Å²) >= 11 is 0. The van der Waals surface area contributed by atoms with E-state index in [2.05, 4.69) is 5.32 Å². The molecule has 0 radical (unpaired) electrons. The molecule has 0 bridgehead atoms. The topological polar surface area (TPSA) is 75.6 Å². The van der Waals surface area contributed by atoms with Gasteiger partial charge in [0.25, 0.3) is 0 Å². The van der Waals surface area contributed by atoms with Crippen molar-refractivity contribution in [3.63, 3.8) is 0 Å². The second kappa shape index (κ2) is 7.96. The van der Waals surface area contributed by atoms with Crippen molar-refractivity contribution in [2.75, 3.05) is 13.2 Å². The Bertz CT molecular complexity index is 228. The van der Waals surface area contributed by atoms with E-state index in [0.717, 1.165) is 6.42 Å². The van der Waals surface area contributed by atoms with Crippen LogP contribution < -0.4 is 5.32 Å². The fourth-order valence-electron chi connectivity index (χ4n) is 1.16. The Hall–Kier alpha value is -1.26. The summed E-state index contributed by atoms with van der Waals surface area (Å²) in [6.45, 7) is 6.25. The average molecular weight is 231 g/mol. The summed E-state index contributed by atoms with van der Waals surface area (Å²) in [4.78, 5) is 21.9. The highest BCUT2D eigenvalue weighted by atomic mass is 16.5. The van der Waals surface area contributed by atoms with Gasteiger partial charge in [0, 0.05) is 6.54 Å². The predicted octanol–water partition coefficient (Wildman–Crippen LogP) is 1.87. The molecule has 0 aromatic carbocycles. The molecule has 0 aromatic heterocycles. The van der Waals surface area contributed by atoms with Crippen molar-refractivity contribution in [3.05, 3.63) is 0 Å². The largest absolute Gasteiger partial charge is 0.481 e. The summed E-state index contributed by atoms with van der Waals surface area (Å²) in [6, 6.07) is 0. The third-order valence-electron chi connectivity index (χ3n) is 2.03. The maximum atomic E-state index is 11.2. The van der Waals surface area contributed by atoms with Crippen molar-refractivity contribution in [2.24, 2.45) is 11.8 Å². The molecule has 0 fully saturated rings. The van der Waals surface area contributed by atoms with Gasteiger partial charge < -0.3 is 15.2 Å². The number of nitrogens with one attached hydrogen (secondary N) is 1. The van der Waals surface area contributed by atoms with Crippen LogP contribution in [-0.2, 0) is 9.53 Å². The second-order valence-corrected chi connectivity index (χ2v) is 4.20. The summed E-state index contributed by atoms with van der Waals surface area (Å²) in [5.74, 6) is -1.14. The van der Waals surface area contributed by atoms with Crippen LogP contribution in [-0.4, -0.2) is 30.3 Å². The van der Waals surface area contributed by atoms with E-state index in [4.69, 9.17) is 9.84 Å². The molecule has 0 aromatic rings. The maximum Gasteiger partial charge on any atom is 0.407 e. The van der Waals surface area contributed by atoms with Gasteiger partial charge in [0.05, 0.1) is 12.5 Å². The number of carbonyl (C=O) groups excluding carboxylic acids is 1. The van der Waals surface area contributed by atoms with Crippen LogP contribution in [0, 0.1) is 11.8 Å². The third kappa shape index (κ3) is 7.09. The van der Waals surface area contributed by atoms with Gasteiger partial charge in [-0.3, -0.25) is 4.79 Å². The number of ether oxygens (including phenoxy) is 1. The fraction of sp³-hybridized carbons (Fsp3) is 0.818. The van der Waals surface area contributed by atoms with E-state index in [1.54, 1.807) is 0 Å². The lowest BCUT2D eigenvalue weighted by Crippen LogP contribution is -2.33. The van der Waals surface area contributed by atoms with Gasteiger partial charge in [0.15, 0.2) is 0 Å². The molecule has 0 saturated heterocycles. The van der Waals surface area contributed by atoms with Gasteiger partial charge in [-0.1, -0.05) is 27.2 Å². The molecule has 1 unspecified atom stereocenters. The van der Waals surface area contributed by atoms with Crippen molar-refractivity contribution in [1.29, 1.82) is 0 Å². The van der Waals surface area contributed by atoms with Crippen molar-refractivity contribution in [3.8, 4) is 0 Å². The highest BCUT2D eigenvalue weighted by Crippen LogP contribution is 2.05. The Morgan fingerprint density at radius 2 is 2.00 bits per heavy atom.